The SMILES string of the molecule is N#Cc1cnn2c(-c3cc(NC45CCC(O)(CC4)CC5)c(C(=O)N[C@@H]4CCNC4=O)cn3)ccc2c1. The zero-order valence-corrected chi connectivity index (χ0v) is 19.8. The van der Waals surface area contributed by atoms with E-state index in [0.717, 1.165) is 49.7 Å². The van der Waals surface area contributed by atoms with E-state index in [1.165, 1.54) is 6.20 Å². The number of rotatable bonds is 5. The Balaban J connectivity index is 1.38. The van der Waals surface area contributed by atoms with Gasteiger partial charge in [0.1, 0.15) is 12.1 Å². The molecule has 7 rings (SSSR count). The van der Waals surface area contributed by atoms with Gasteiger partial charge in [0.15, 0.2) is 0 Å². The second-order valence-electron chi connectivity index (χ2n) is 10.3. The summed E-state index contributed by atoms with van der Waals surface area (Å²) in [5, 5.41) is 33.5. The number of hydrogen-bond acceptors (Lipinski definition) is 7. The number of fused-ring (bicyclic) bond motifs is 4. The third kappa shape index (κ3) is 3.85. The molecule has 3 aliphatic carbocycles. The summed E-state index contributed by atoms with van der Waals surface area (Å²) in [5.74, 6) is -0.530. The molecular weight excluding hydrogens is 458 g/mol. The second kappa shape index (κ2) is 8.31. The Kier molecular flexibility index (Phi) is 5.19. The number of carbonyl (C=O) groups excluding carboxylic acids is 2. The van der Waals surface area contributed by atoms with E-state index in [1.807, 2.05) is 18.2 Å². The van der Waals surface area contributed by atoms with Crippen LogP contribution >= 0.6 is 0 Å². The zero-order chi connectivity index (χ0) is 24.9. The number of aliphatic hydroxyl groups is 1. The number of nitrogens with zero attached hydrogens (tertiary/aromatic N) is 4. The number of aromatic nitrogens is 3. The molecule has 4 aliphatic rings. The minimum Gasteiger partial charge on any atom is -0.390 e. The van der Waals surface area contributed by atoms with Gasteiger partial charge in [0.25, 0.3) is 5.91 Å². The van der Waals surface area contributed by atoms with Gasteiger partial charge in [0.05, 0.1) is 45.5 Å². The lowest BCUT2D eigenvalue weighted by molar-refractivity contribution is -0.120. The lowest BCUT2D eigenvalue weighted by atomic mass is 9.63. The smallest absolute Gasteiger partial charge is 0.255 e. The Morgan fingerprint density at radius 1 is 1.17 bits per heavy atom. The van der Waals surface area contributed by atoms with Crippen LogP contribution in [-0.2, 0) is 4.79 Å². The fraction of sp³-hybridized carbons (Fsp3) is 0.423. The molecule has 4 heterocycles. The first kappa shape index (κ1) is 22.5. The molecule has 1 atom stereocenters. The molecule has 3 saturated carbocycles. The topological polar surface area (TPSA) is 144 Å². The Bertz CT molecular complexity index is 1400. The van der Waals surface area contributed by atoms with Crippen molar-refractivity contribution in [3.63, 3.8) is 0 Å². The number of hydrogen-bond donors (Lipinski definition) is 4. The average Bonchev–Trinajstić information content (AvgIpc) is 3.50. The zero-order valence-electron chi connectivity index (χ0n) is 19.8. The number of nitriles is 1. The molecule has 10 heteroatoms. The molecule has 2 bridgehead atoms. The van der Waals surface area contributed by atoms with E-state index in [-0.39, 0.29) is 17.4 Å². The first-order valence-electron chi connectivity index (χ1n) is 12.3. The Morgan fingerprint density at radius 3 is 2.64 bits per heavy atom. The maximum atomic E-state index is 13.3. The van der Waals surface area contributed by atoms with Crippen molar-refractivity contribution in [1.29, 1.82) is 5.26 Å². The third-order valence-corrected chi connectivity index (χ3v) is 8.00. The quantitative estimate of drug-likeness (QED) is 0.433. The van der Waals surface area contributed by atoms with Gasteiger partial charge < -0.3 is 21.1 Å². The molecule has 0 unspecified atom stereocenters. The van der Waals surface area contributed by atoms with Gasteiger partial charge in [-0.05, 0) is 69.2 Å². The lowest BCUT2D eigenvalue weighted by Crippen LogP contribution is -2.54. The standard InChI is InChI=1S/C26H27N7O3/c27-13-16-11-17-1-2-22(33(17)30-14-16)21-12-20(32-25-4-7-26(36,8-5-25)9-6-25)18(15-29-21)23(34)31-19-3-10-28-24(19)35/h1-2,11-12,14-15,19,36H,3-10H2,(H,28,35)(H,29,32)(H,31,34)/t19-,25?,26?/m1/s1. The minimum atomic E-state index is -0.568. The van der Waals surface area contributed by atoms with Gasteiger partial charge in [0.2, 0.25) is 5.91 Å². The minimum absolute atomic E-state index is 0.178. The molecule has 10 nitrogen and oxygen atoms in total. The fourth-order valence-corrected chi connectivity index (χ4v) is 5.74. The fourth-order valence-electron chi connectivity index (χ4n) is 5.74. The van der Waals surface area contributed by atoms with Crippen molar-refractivity contribution < 1.29 is 14.7 Å². The lowest BCUT2D eigenvalue weighted by Gasteiger charge is -2.51. The van der Waals surface area contributed by atoms with Crippen LogP contribution in [0.2, 0.25) is 0 Å². The highest BCUT2D eigenvalue weighted by Gasteiger charge is 2.48. The van der Waals surface area contributed by atoms with Crippen molar-refractivity contribution in [3.8, 4) is 17.5 Å². The summed E-state index contributed by atoms with van der Waals surface area (Å²) in [5.41, 5.74) is 2.85. The summed E-state index contributed by atoms with van der Waals surface area (Å²) < 4.78 is 1.72. The highest BCUT2D eigenvalue weighted by molar-refractivity contribution is 6.02. The summed E-state index contributed by atoms with van der Waals surface area (Å²) in [6, 6.07) is 8.92. The maximum absolute atomic E-state index is 13.3. The van der Waals surface area contributed by atoms with Gasteiger partial charge >= 0.3 is 0 Å². The maximum Gasteiger partial charge on any atom is 0.255 e. The molecule has 4 N–H and O–H groups in total. The molecule has 0 spiro atoms. The van der Waals surface area contributed by atoms with Gasteiger partial charge in [-0.3, -0.25) is 14.6 Å². The third-order valence-electron chi connectivity index (χ3n) is 8.00. The van der Waals surface area contributed by atoms with E-state index >= 15 is 0 Å². The number of nitrogens with one attached hydrogen (secondary N) is 3. The molecule has 36 heavy (non-hydrogen) atoms. The Morgan fingerprint density at radius 2 is 1.94 bits per heavy atom. The van der Waals surface area contributed by atoms with Gasteiger partial charge in [-0.2, -0.15) is 10.4 Å². The van der Waals surface area contributed by atoms with E-state index in [1.54, 1.807) is 16.8 Å². The summed E-state index contributed by atoms with van der Waals surface area (Å²) >= 11 is 0. The van der Waals surface area contributed by atoms with Crippen LogP contribution in [0.25, 0.3) is 16.9 Å². The predicted octanol–water partition coefficient (Wildman–Crippen LogP) is 2.14. The highest BCUT2D eigenvalue weighted by Crippen LogP contribution is 2.48. The van der Waals surface area contributed by atoms with E-state index < -0.39 is 11.6 Å². The molecule has 184 valence electrons. The van der Waals surface area contributed by atoms with Crippen LogP contribution in [0.3, 0.4) is 0 Å². The number of pyridine rings is 1. The summed E-state index contributed by atoms with van der Waals surface area (Å²) in [4.78, 5) is 29.9. The summed E-state index contributed by atoms with van der Waals surface area (Å²) in [6.07, 6.45) is 8.26. The van der Waals surface area contributed by atoms with Crippen molar-refractivity contribution in [2.75, 3.05) is 11.9 Å². The highest BCUT2D eigenvalue weighted by atomic mass is 16.3. The molecule has 1 saturated heterocycles. The first-order chi connectivity index (χ1) is 17.4. The van der Waals surface area contributed by atoms with E-state index in [0.29, 0.717) is 35.5 Å². The van der Waals surface area contributed by atoms with Crippen LogP contribution in [0.4, 0.5) is 5.69 Å². The summed E-state index contributed by atoms with van der Waals surface area (Å²) in [6.45, 7) is 0.542. The Hall–Kier alpha value is -3.97. The first-order valence-corrected chi connectivity index (χ1v) is 12.3. The van der Waals surface area contributed by atoms with Crippen molar-refractivity contribution in [2.24, 2.45) is 0 Å². The summed E-state index contributed by atoms with van der Waals surface area (Å²) in [7, 11) is 0. The molecule has 2 amide bonds. The van der Waals surface area contributed by atoms with Crippen LogP contribution in [-0.4, -0.2) is 55.2 Å². The predicted molar refractivity (Wildman–Crippen MR) is 131 cm³/mol. The molecule has 0 radical (unpaired) electrons. The van der Waals surface area contributed by atoms with Gasteiger partial charge in [-0.15, -0.1) is 0 Å². The van der Waals surface area contributed by atoms with Crippen molar-refractivity contribution in [3.05, 3.63) is 47.8 Å². The van der Waals surface area contributed by atoms with E-state index in [9.17, 15) is 20.0 Å². The van der Waals surface area contributed by atoms with E-state index in [2.05, 4.69) is 32.1 Å². The number of carbonyl (C=O) groups is 2. The Labute approximate surface area is 207 Å². The van der Waals surface area contributed by atoms with Crippen molar-refractivity contribution >= 4 is 23.0 Å². The van der Waals surface area contributed by atoms with Gasteiger partial charge in [-0.25, -0.2) is 4.52 Å². The van der Waals surface area contributed by atoms with Gasteiger partial charge in [0, 0.05) is 18.3 Å². The molecule has 3 aromatic rings. The second-order valence-corrected chi connectivity index (χ2v) is 10.3. The van der Waals surface area contributed by atoms with Crippen molar-refractivity contribution in [1.82, 2.24) is 25.2 Å². The van der Waals surface area contributed by atoms with Crippen LogP contribution in [0, 0.1) is 11.3 Å². The van der Waals surface area contributed by atoms with Crippen LogP contribution in [0.1, 0.15) is 60.9 Å². The van der Waals surface area contributed by atoms with E-state index in [4.69, 9.17) is 0 Å². The average molecular weight is 486 g/mol. The van der Waals surface area contributed by atoms with Crippen LogP contribution in [0.15, 0.2) is 36.7 Å². The monoisotopic (exact) mass is 485 g/mol. The molecule has 3 aromatic heterocycles. The van der Waals surface area contributed by atoms with Crippen LogP contribution < -0.4 is 16.0 Å². The normalized spacial score (nSPS) is 27.0. The number of anilines is 1. The molecule has 1 aliphatic heterocycles. The largest absolute Gasteiger partial charge is 0.390 e. The van der Waals surface area contributed by atoms with Crippen LogP contribution in [0.5, 0.6) is 0 Å². The van der Waals surface area contributed by atoms with Gasteiger partial charge in [-0.1, -0.05) is 0 Å². The molecule has 0 aromatic carbocycles. The number of amides is 2. The molecular formula is C26H27N7O3. The molecule has 4 fully saturated rings. The van der Waals surface area contributed by atoms with Crippen molar-refractivity contribution in [2.45, 2.75) is 62.1 Å².